The molecule has 0 aliphatic carbocycles. The van der Waals surface area contributed by atoms with Crippen LogP contribution in [0.3, 0.4) is 0 Å². The number of H-pyrrole nitrogens is 1. The number of methoxy groups -OCH3 is 1. The molecule has 3 N–H and O–H groups in total. The van der Waals surface area contributed by atoms with Crippen molar-refractivity contribution in [2.24, 2.45) is 0 Å². The normalized spacial score (nSPS) is 16.8. The molecule has 8 nitrogen and oxygen atoms in total. The molecule has 1 unspecified atom stereocenters. The highest BCUT2D eigenvalue weighted by Crippen LogP contribution is 2.42. The van der Waals surface area contributed by atoms with Crippen LogP contribution >= 0.6 is 0 Å². The van der Waals surface area contributed by atoms with Crippen LogP contribution in [0.2, 0.25) is 0 Å². The van der Waals surface area contributed by atoms with Gasteiger partial charge in [-0.25, -0.2) is 0 Å². The number of aliphatic hydroxyl groups excluding tert-OH is 1. The Kier molecular flexibility index (Phi) is 6.79. The average Bonchev–Trinajstić information content (AvgIpc) is 3.46. The van der Waals surface area contributed by atoms with E-state index in [1.165, 1.54) is 18.1 Å². The highest BCUT2D eigenvalue weighted by molar-refractivity contribution is 6.46. The van der Waals surface area contributed by atoms with Crippen molar-refractivity contribution in [2.75, 3.05) is 20.3 Å². The van der Waals surface area contributed by atoms with E-state index >= 15 is 0 Å². The summed E-state index contributed by atoms with van der Waals surface area (Å²) in [6.07, 6.45) is 2.40. The maximum atomic E-state index is 13.4. The number of aromatic nitrogens is 1. The predicted molar refractivity (Wildman–Crippen MR) is 143 cm³/mol. The van der Waals surface area contributed by atoms with E-state index in [4.69, 9.17) is 9.47 Å². The van der Waals surface area contributed by atoms with Crippen LogP contribution in [-0.4, -0.2) is 52.0 Å². The van der Waals surface area contributed by atoms with Crippen LogP contribution in [0.4, 0.5) is 0 Å². The number of nitrogens with zero attached hydrogens (tertiary/aromatic N) is 1. The van der Waals surface area contributed by atoms with Crippen molar-refractivity contribution >= 4 is 28.4 Å². The van der Waals surface area contributed by atoms with Gasteiger partial charge in [0.05, 0.1) is 25.3 Å². The number of phenols is 1. The van der Waals surface area contributed by atoms with Crippen molar-refractivity contribution in [1.82, 2.24) is 9.88 Å². The fraction of sp³-hybridized carbons (Fsp3) is 0.200. The fourth-order valence-electron chi connectivity index (χ4n) is 4.91. The second-order valence-electron chi connectivity index (χ2n) is 8.99. The van der Waals surface area contributed by atoms with Crippen LogP contribution in [0.5, 0.6) is 17.2 Å². The van der Waals surface area contributed by atoms with E-state index in [1.807, 2.05) is 30.5 Å². The first-order chi connectivity index (χ1) is 18.4. The van der Waals surface area contributed by atoms with Gasteiger partial charge in [-0.3, -0.25) is 9.59 Å². The number of para-hydroxylation sites is 1. The molecular weight excluding hydrogens is 484 g/mol. The van der Waals surface area contributed by atoms with Gasteiger partial charge < -0.3 is 29.6 Å². The number of amides is 1. The minimum Gasteiger partial charge on any atom is -0.507 e. The van der Waals surface area contributed by atoms with Gasteiger partial charge in [0.1, 0.15) is 11.5 Å². The molecule has 3 aromatic carbocycles. The van der Waals surface area contributed by atoms with Gasteiger partial charge in [0.2, 0.25) is 0 Å². The number of aliphatic hydroxyl groups is 1. The SMILES string of the molecule is CCOc1cc(C2C(=C(O)c3ccc(OC)cc3)C(=O)C(=O)N2CCc2c[nH]c3ccccc23)ccc1O. The highest BCUT2D eigenvalue weighted by atomic mass is 16.5. The lowest BCUT2D eigenvalue weighted by molar-refractivity contribution is -0.139. The van der Waals surface area contributed by atoms with Crippen LogP contribution in [0.15, 0.2) is 78.5 Å². The molecule has 1 aliphatic heterocycles. The lowest BCUT2D eigenvalue weighted by atomic mass is 9.94. The summed E-state index contributed by atoms with van der Waals surface area (Å²) in [5, 5.41) is 22.6. The molecule has 0 spiro atoms. The van der Waals surface area contributed by atoms with E-state index in [-0.39, 0.29) is 29.4 Å². The molecule has 1 fully saturated rings. The van der Waals surface area contributed by atoms with Gasteiger partial charge in [0.15, 0.2) is 11.5 Å². The first-order valence-corrected chi connectivity index (χ1v) is 12.4. The summed E-state index contributed by atoms with van der Waals surface area (Å²) in [5.74, 6) is -0.976. The number of nitrogens with one attached hydrogen (secondary N) is 1. The summed E-state index contributed by atoms with van der Waals surface area (Å²) in [6.45, 7) is 2.36. The zero-order valence-electron chi connectivity index (χ0n) is 21.1. The molecule has 5 rings (SSSR count). The van der Waals surface area contributed by atoms with E-state index in [0.717, 1.165) is 16.5 Å². The van der Waals surface area contributed by atoms with Crippen LogP contribution in [0, 0.1) is 0 Å². The molecule has 0 saturated carbocycles. The number of phenolic OH excluding ortho intramolecular Hbond substituents is 1. The molecule has 1 aliphatic rings. The Morgan fingerprint density at radius 2 is 1.82 bits per heavy atom. The minimum atomic E-state index is -0.873. The number of ether oxygens (including phenoxy) is 2. The topological polar surface area (TPSA) is 112 Å². The van der Waals surface area contributed by atoms with E-state index < -0.39 is 17.7 Å². The van der Waals surface area contributed by atoms with E-state index in [2.05, 4.69) is 4.98 Å². The number of benzene rings is 3. The molecule has 2 heterocycles. The number of aromatic amines is 1. The Morgan fingerprint density at radius 3 is 2.55 bits per heavy atom. The van der Waals surface area contributed by atoms with Gasteiger partial charge in [-0.1, -0.05) is 24.3 Å². The smallest absolute Gasteiger partial charge is 0.295 e. The molecular formula is C30H28N2O6. The largest absolute Gasteiger partial charge is 0.507 e. The van der Waals surface area contributed by atoms with Crippen LogP contribution in [-0.2, 0) is 16.0 Å². The lowest BCUT2D eigenvalue weighted by Gasteiger charge is -2.26. The summed E-state index contributed by atoms with van der Waals surface area (Å²) in [6, 6.07) is 18.3. The molecule has 1 atom stereocenters. The second-order valence-corrected chi connectivity index (χ2v) is 8.99. The number of Topliss-reactive ketones (excluding diaryl/α,β-unsaturated/α-hetero) is 1. The summed E-state index contributed by atoms with van der Waals surface area (Å²) < 4.78 is 10.8. The zero-order valence-corrected chi connectivity index (χ0v) is 21.1. The summed E-state index contributed by atoms with van der Waals surface area (Å²) >= 11 is 0. The Bertz CT molecular complexity index is 1540. The quantitative estimate of drug-likeness (QED) is 0.175. The molecule has 38 heavy (non-hydrogen) atoms. The lowest BCUT2D eigenvalue weighted by Crippen LogP contribution is -2.31. The maximum Gasteiger partial charge on any atom is 0.295 e. The first-order valence-electron chi connectivity index (χ1n) is 12.4. The Hall–Kier alpha value is -4.72. The number of carbonyl (C=O) groups is 2. The van der Waals surface area contributed by atoms with Crippen LogP contribution in [0.1, 0.15) is 29.7 Å². The zero-order chi connectivity index (χ0) is 26.8. The van der Waals surface area contributed by atoms with Gasteiger partial charge in [-0.2, -0.15) is 0 Å². The van der Waals surface area contributed by atoms with Crippen molar-refractivity contribution in [1.29, 1.82) is 0 Å². The van der Waals surface area contributed by atoms with Gasteiger partial charge in [0, 0.05) is 29.2 Å². The fourth-order valence-corrected chi connectivity index (χ4v) is 4.91. The molecule has 1 amide bonds. The van der Waals surface area contributed by atoms with E-state index in [0.29, 0.717) is 29.9 Å². The number of aromatic hydroxyl groups is 1. The molecule has 194 valence electrons. The van der Waals surface area contributed by atoms with Gasteiger partial charge in [-0.15, -0.1) is 0 Å². The number of ketones is 1. The Morgan fingerprint density at radius 1 is 1.05 bits per heavy atom. The molecule has 0 bridgehead atoms. The predicted octanol–water partition coefficient (Wildman–Crippen LogP) is 4.95. The maximum absolute atomic E-state index is 13.4. The molecule has 1 saturated heterocycles. The van der Waals surface area contributed by atoms with Gasteiger partial charge in [-0.05, 0) is 66.9 Å². The number of likely N-dealkylation sites (tertiary alicyclic amines) is 1. The minimum absolute atomic E-state index is 0.0211. The number of hydrogen-bond acceptors (Lipinski definition) is 6. The third-order valence-electron chi connectivity index (χ3n) is 6.80. The first kappa shape index (κ1) is 25.0. The van der Waals surface area contributed by atoms with E-state index in [9.17, 15) is 19.8 Å². The number of fused-ring (bicyclic) bond motifs is 1. The summed E-state index contributed by atoms with van der Waals surface area (Å²) in [5.41, 5.74) is 2.90. The van der Waals surface area contributed by atoms with Gasteiger partial charge in [0.25, 0.3) is 11.7 Å². The van der Waals surface area contributed by atoms with Crippen molar-refractivity contribution in [3.05, 3.63) is 95.2 Å². The number of carbonyl (C=O) groups excluding carboxylic acids is 2. The third-order valence-corrected chi connectivity index (χ3v) is 6.80. The van der Waals surface area contributed by atoms with Crippen LogP contribution < -0.4 is 9.47 Å². The third kappa shape index (κ3) is 4.45. The van der Waals surface area contributed by atoms with Crippen molar-refractivity contribution in [3.63, 3.8) is 0 Å². The highest BCUT2D eigenvalue weighted by Gasteiger charge is 2.46. The van der Waals surface area contributed by atoms with Crippen molar-refractivity contribution in [3.8, 4) is 17.2 Å². The summed E-state index contributed by atoms with van der Waals surface area (Å²) in [7, 11) is 1.54. The Balaban J connectivity index is 1.58. The molecule has 4 aromatic rings. The standard InChI is InChI=1S/C30H28N2O6/c1-3-38-25-16-19(10-13-24(25)33)27-26(28(34)18-8-11-21(37-2)12-9-18)29(35)30(36)32(27)15-14-20-17-31-23-7-5-4-6-22(20)23/h4-13,16-17,27,31,33-34H,3,14-15H2,1-2H3. The molecule has 0 radical (unpaired) electrons. The summed E-state index contributed by atoms with van der Waals surface area (Å²) in [4.78, 5) is 31.4. The second kappa shape index (κ2) is 10.3. The van der Waals surface area contributed by atoms with Crippen LogP contribution in [0.25, 0.3) is 16.7 Å². The molecule has 8 heteroatoms. The van der Waals surface area contributed by atoms with Crippen molar-refractivity contribution < 1.29 is 29.3 Å². The molecule has 1 aromatic heterocycles. The average molecular weight is 513 g/mol. The van der Waals surface area contributed by atoms with E-state index in [1.54, 1.807) is 43.3 Å². The Labute approximate surface area is 219 Å². The van der Waals surface area contributed by atoms with Gasteiger partial charge >= 0.3 is 0 Å². The number of rotatable bonds is 8. The number of hydrogen-bond donors (Lipinski definition) is 3. The van der Waals surface area contributed by atoms with Crippen molar-refractivity contribution in [2.45, 2.75) is 19.4 Å². The monoisotopic (exact) mass is 512 g/mol.